The number of carbonyl (C=O) groups is 1. The van der Waals surface area contributed by atoms with Gasteiger partial charge < -0.3 is 10.1 Å². The Kier molecular flexibility index (Phi) is 4.68. The minimum atomic E-state index is 0.0645. The molecule has 0 radical (unpaired) electrons. The first kappa shape index (κ1) is 16.5. The number of benzene rings is 1. The predicted octanol–water partition coefficient (Wildman–Crippen LogP) is 3.63. The van der Waals surface area contributed by atoms with Gasteiger partial charge in [0.15, 0.2) is 5.78 Å². The van der Waals surface area contributed by atoms with Gasteiger partial charge in [-0.25, -0.2) is 9.97 Å². The molecule has 1 aromatic carbocycles. The topological polar surface area (TPSA) is 64.1 Å². The minimum absolute atomic E-state index is 0.0645. The SMILES string of the molecule is O=C1C[C@@H](c2ccccc2Cl)Cc2nc(NC[C@@H]3CCCO3)ncc21. The lowest BCUT2D eigenvalue weighted by atomic mass is 9.82. The fraction of sp³-hybridized carbons (Fsp3) is 0.421. The lowest BCUT2D eigenvalue weighted by Crippen LogP contribution is -2.23. The molecule has 5 nitrogen and oxygen atoms in total. The summed E-state index contributed by atoms with van der Waals surface area (Å²) in [6.07, 6.45) is 5.17. The fourth-order valence-corrected chi connectivity index (χ4v) is 3.86. The highest BCUT2D eigenvalue weighted by atomic mass is 35.5. The Morgan fingerprint density at radius 2 is 2.16 bits per heavy atom. The van der Waals surface area contributed by atoms with Gasteiger partial charge in [0.2, 0.25) is 5.95 Å². The number of carbonyl (C=O) groups excluding carboxylic acids is 1. The highest BCUT2D eigenvalue weighted by Crippen LogP contribution is 2.35. The summed E-state index contributed by atoms with van der Waals surface area (Å²) in [6.45, 7) is 1.52. The van der Waals surface area contributed by atoms with Gasteiger partial charge in [-0.3, -0.25) is 4.79 Å². The van der Waals surface area contributed by atoms with Crippen molar-refractivity contribution in [3.8, 4) is 0 Å². The van der Waals surface area contributed by atoms with Crippen LogP contribution in [0, 0.1) is 0 Å². The van der Waals surface area contributed by atoms with Gasteiger partial charge >= 0.3 is 0 Å². The molecular weight excluding hydrogens is 338 g/mol. The molecule has 1 saturated heterocycles. The second-order valence-corrected chi connectivity index (χ2v) is 7.03. The monoisotopic (exact) mass is 357 g/mol. The zero-order valence-electron chi connectivity index (χ0n) is 13.9. The van der Waals surface area contributed by atoms with Crippen molar-refractivity contribution in [3.05, 3.63) is 52.3 Å². The van der Waals surface area contributed by atoms with Crippen molar-refractivity contribution in [1.29, 1.82) is 0 Å². The minimum Gasteiger partial charge on any atom is -0.376 e. The van der Waals surface area contributed by atoms with Crippen molar-refractivity contribution in [3.63, 3.8) is 0 Å². The molecule has 1 N–H and O–H groups in total. The van der Waals surface area contributed by atoms with E-state index in [1.807, 2.05) is 24.3 Å². The zero-order chi connectivity index (χ0) is 17.2. The Bertz CT molecular complexity index is 790. The van der Waals surface area contributed by atoms with Crippen LogP contribution in [-0.4, -0.2) is 35.0 Å². The van der Waals surface area contributed by atoms with Gasteiger partial charge in [-0.1, -0.05) is 29.8 Å². The first-order chi connectivity index (χ1) is 12.2. The second kappa shape index (κ2) is 7.10. The van der Waals surface area contributed by atoms with Crippen molar-refractivity contribution in [1.82, 2.24) is 9.97 Å². The third-order valence-corrected chi connectivity index (χ3v) is 5.24. The van der Waals surface area contributed by atoms with E-state index in [0.717, 1.165) is 30.7 Å². The van der Waals surface area contributed by atoms with Crippen LogP contribution in [0.4, 0.5) is 5.95 Å². The molecule has 1 aliphatic carbocycles. The smallest absolute Gasteiger partial charge is 0.222 e. The molecule has 2 atom stereocenters. The van der Waals surface area contributed by atoms with E-state index in [0.29, 0.717) is 35.9 Å². The largest absolute Gasteiger partial charge is 0.376 e. The Labute approximate surface area is 151 Å². The summed E-state index contributed by atoms with van der Waals surface area (Å²) in [7, 11) is 0. The molecule has 0 bridgehead atoms. The number of halogens is 1. The highest BCUT2D eigenvalue weighted by molar-refractivity contribution is 6.31. The summed E-state index contributed by atoms with van der Waals surface area (Å²) >= 11 is 6.32. The summed E-state index contributed by atoms with van der Waals surface area (Å²) < 4.78 is 5.61. The van der Waals surface area contributed by atoms with Crippen molar-refractivity contribution < 1.29 is 9.53 Å². The van der Waals surface area contributed by atoms with Crippen LogP contribution >= 0.6 is 11.6 Å². The molecule has 2 heterocycles. The number of aromatic nitrogens is 2. The number of anilines is 1. The summed E-state index contributed by atoms with van der Waals surface area (Å²) in [5.74, 6) is 0.702. The van der Waals surface area contributed by atoms with Crippen LogP contribution in [0.25, 0.3) is 0 Å². The van der Waals surface area contributed by atoms with E-state index >= 15 is 0 Å². The molecule has 1 aromatic heterocycles. The van der Waals surface area contributed by atoms with Crippen LogP contribution in [0.15, 0.2) is 30.5 Å². The summed E-state index contributed by atoms with van der Waals surface area (Å²) in [6, 6.07) is 7.71. The Hall–Kier alpha value is -1.98. The maximum absolute atomic E-state index is 12.5. The molecule has 1 fully saturated rings. The van der Waals surface area contributed by atoms with Crippen molar-refractivity contribution in [2.45, 2.75) is 37.7 Å². The van der Waals surface area contributed by atoms with E-state index in [1.165, 1.54) is 0 Å². The number of hydrogen-bond acceptors (Lipinski definition) is 5. The molecule has 25 heavy (non-hydrogen) atoms. The van der Waals surface area contributed by atoms with Gasteiger partial charge in [0, 0.05) is 30.8 Å². The van der Waals surface area contributed by atoms with Crippen LogP contribution in [0.1, 0.15) is 46.8 Å². The Balaban J connectivity index is 1.53. The third-order valence-electron chi connectivity index (χ3n) is 4.90. The second-order valence-electron chi connectivity index (χ2n) is 6.62. The van der Waals surface area contributed by atoms with Crippen molar-refractivity contribution in [2.75, 3.05) is 18.5 Å². The summed E-state index contributed by atoms with van der Waals surface area (Å²) in [4.78, 5) is 21.4. The lowest BCUT2D eigenvalue weighted by Gasteiger charge is -2.24. The molecule has 4 rings (SSSR count). The van der Waals surface area contributed by atoms with E-state index in [2.05, 4.69) is 15.3 Å². The number of nitrogens with zero attached hydrogens (tertiary/aromatic N) is 2. The first-order valence-electron chi connectivity index (χ1n) is 8.69. The fourth-order valence-electron chi connectivity index (χ4n) is 3.57. The van der Waals surface area contributed by atoms with Gasteiger partial charge in [-0.15, -0.1) is 0 Å². The molecule has 0 saturated carbocycles. The quantitative estimate of drug-likeness (QED) is 0.905. The number of Topliss-reactive ketones (excluding diaryl/α,β-unsaturated/α-hetero) is 1. The Morgan fingerprint density at radius 1 is 1.28 bits per heavy atom. The molecule has 0 unspecified atom stereocenters. The maximum atomic E-state index is 12.5. The van der Waals surface area contributed by atoms with E-state index in [4.69, 9.17) is 16.3 Å². The van der Waals surface area contributed by atoms with Crippen LogP contribution < -0.4 is 5.32 Å². The van der Waals surface area contributed by atoms with Crippen LogP contribution in [0.3, 0.4) is 0 Å². The van der Waals surface area contributed by atoms with Crippen molar-refractivity contribution >= 4 is 23.3 Å². The van der Waals surface area contributed by atoms with E-state index in [9.17, 15) is 4.79 Å². The van der Waals surface area contributed by atoms with Gasteiger partial charge in [-0.05, 0) is 36.8 Å². The van der Waals surface area contributed by atoms with Gasteiger partial charge in [0.05, 0.1) is 17.4 Å². The summed E-state index contributed by atoms with van der Waals surface area (Å²) in [5, 5.41) is 3.94. The zero-order valence-corrected chi connectivity index (χ0v) is 14.6. The first-order valence-corrected chi connectivity index (χ1v) is 9.07. The lowest BCUT2D eigenvalue weighted by molar-refractivity contribution is 0.0962. The third kappa shape index (κ3) is 3.53. The highest BCUT2D eigenvalue weighted by Gasteiger charge is 2.29. The number of fused-ring (bicyclic) bond motifs is 1. The molecule has 0 amide bonds. The Morgan fingerprint density at radius 3 is 2.96 bits per heavy atom. The molecule has 0 spiro atoms. The maximum Gasteiger partial charge on any atom is 0.222 e. The summed E-state index contributed by atoms with van der Waals surface area (Å²) in [5.41, 5.74) is 2.44. The average Bonchev–Trinajstić information content (AvgIpc) is 3.13. The van der Waals surface area contributed by atoms with E-state index < -0.39 is 0 Å². The van der Waals surface area contributed by atoms with E-state index in [-0.39, 0.29) is 17.8 Å². The number of nitrogens with one attached hydrogen (secondary N) is 1. The van der Waals surface area contributed by atoms with Gasteiger partial charge in [-0.2, -0.15) is 0 Å². The van der Waals surface area contributed by atoms with Gasteiger partial charge in [0.25, 0.3) is 0 Å². The molecule has 6 heteroatoms. The van der Waals surface area contributed by atoms with Gasteiger partial charge in [0.1, 0.15) is 0 Å². The standard InChI is InChI=1S/C19H20ClN3O2/c20-16-6-2-1-5-14(16)12-8-17-15(18(24)9-12)11-22-19(23-17)21-10-13-4-3-7-25-13/h1-2,5-6,11-13H,3-4,7-10H2,(H,21,22,23)/t12-,13-/m0/s1. The average molecular weight is 358 g/mol. The van der Waals surface area contributed by atoms with Crippen molar-refractivity contribution in [2.24, 2.45) is 0 Å². The molecule has 2 aliphatic rings. The normalized spacial score (nSPS) is 22.7. The number of hydrogen-bond donors (Lipinski definition) is 1. The molecule has 1 aliphatic heterocycles. The van der Waals surface area contributed by atoms with E-state index in [1.54, 1.807) is 6.20 Å². The molecule has 130 valence electrons. The predicted molar refractivity (Wildman–Crippen MR) is 96.3 cm³/mol. The van der Waals surface area contributed by atoms with Crippen LogP contribution in [0.2, 0.25) is 5.02 Å². The van der Waals surface area contributed by atoms with Crippen LogP contribution in [-0.2, 0) is 11.2 Å². The number of ketones is 1. The molecule has 2 aromatic rings. The molecular formula is C19H20ClN3O2. The van der Waals surface area contributed by atoms with Crippen LogP contribution in [0.5, 0.6) is 0 Å². The number of rotatable bonds is 4. The number of ether oxygens (including phenoxy) is 1.